The smallest absolute Gasteiger partial charge is 0.264 e. The molecule has 0 fully saturated rings. The Labute approximate surface area is 141 Å². The van der Waals surface area contributed by atoms with Crippen molar-refractivity contribution in [1.82, 2.24) is 4.90 Å². The summed E-state index contributed by atoms with van der Waals surface area (Å²) in [5, 5.41) is 4.24. The molecule has 2 nitrogen and oxygen atoms in total. The van der Waals surface area contributed by atoms with Crippen LogP contribution in [0.1, 0.15) is 35.9 Å². The molecular weight excluding hydrogens is 330 g/mol. The molecule has 4 rings (SSSR count). The van der Waals surface area contributed by atoms with Crippen LogP contribution in [0.15, 0.2) is 41.1 Å². The van der Waals surface area contributed by atoms with Gasteiger partial charge in [-0.2, -0.15) is 0 Å². The molecule has 0 saturated heterocycles. The second-order valence-corrected chi connectivity index (χ2v) is 8.64. The average molecular weight is 346 g/mol. The first-order chi connectivity index (χ1) is 10.7. The van der Waals surface area contributed by atoms with Crippen molar-refractivity contribution in [2.75, 3.05) is 6.54 Å². The van der Waals surface area contributed by atoms with Gasteiger partial charge in [0.2, 0.25) is 0 Å². The molecule has 0 N–H and O–H groups in total. The van der Waals surface area contributed by atoms with E-state index in [2.05, 4.69) is 29.0 Å². The Balaban J connectivity index is 1.76. The summed E-state index contributed by atoms with van der Waals surface area (Å²) in [6.07, 6.45) is 0.963. The lowest BCUT2D eigenvalue weighted by Crippen LogP contribution is -2.39. The Hall–Kier alpha value is -1.43. The van der Waals surface area contributed by atoms with Crippen molar-refractivity contribution >= 4 is 39.9 Å². The van der Waals surface area contributed by atoms with Crippen LogP contribution in [0.5, 0.6) is 0 Å². The first-order valence-corrected chi connectivity index (χ1v) is 9.78. The third-order valence-electron chi connectivity index (χ3n) is 3.99. The standard InChI is InChI=1S/C17H15NOS3/c1-11-4-5-15(22-11)17(19)18-8-6-13-12(7-10-21-13)16(18)14-3-2-9-20-14/h2-5,7,9-10,16H,6,8H2,1H3. The summed E-state index contributed by atoms with van der Waals surface area (Å²) in [5.74, 6) is 0.161. The van der Waals surface area contributed by atoms with Crippen LogP contribution in [0, 0.1) is 6.92 Å². The molecule has 3 aromatic rings. The number of amides is 1. The van der Waals surface area contributed by atoms with E-state index >= 15 is 0 Å². The van der Waals surface area contributed by atoms with Gasteiger partial charge in [-0.25, -0.2) is 0 Å². The largest absolute Gasteiger partial charge is 0.326 e. The normalized spacial score (nSPS) is 17.5. The third-order valence-corrected chi connectivity index (χ3v) is 6.90. The lowest BCUT2D eigenvalue weighted by molar-refractivity contribution is 0.0704. The molecule has 1 aliphatic rings. The predicted molar refractivity (Wildman–Crippen MR) is 94.3 cm³/mol. The maximum atomic E-state index is 13.0. The van der Waals surface area contributed by atoms with Crippen LogP contribution in [0.25, 0.3) is 0 Å². The van der Waals surface area contributed by atoms with Gasteiger partial charge in [0, 0.05) is 21.2 Å². The van der Waals surface area contributed by atoms with Crippen LogP contribution < -0.4 is 0 Å². The van der Waals surface area contributed by atoms with Crippen LogP contribution in [-0.4, -0.2) is 17.4 Å². The van der Waals surface area contributed by atoms with Gasteiger partial charge in [0.05, 0.1) is 10.9 Å². The zero-order valence-corrected chi connectivity index (χ0v) is 14.6. The van der Waals surface area contributed by atoms with Crippen molar-refractivity contribution in [2.24, 2.45) is 0 Å². The van der Waals surface area contributed by atoms with Gasteiger partial charge in [0.15, 0.2) is 0 Å². The van der Waals surface area contributed by atoms with Crippen molar-refractivity contribution in [1.29, 1.82) is 0 Å². The van der Waals surface area contributed by atoms with E-state index in [0.29, 0.717) is 0 Å². The van der Waals surface area contributed by atoms with E-state index in [1.54, 1.807) is 22.7 Å². The van der Waals surface area contributed by atoms with E-state index < -0.39 is 0 Å². The number of hydrogen-bond donors (Lipinski definition) is 0. The van der Waals surface area contributed by atoms with Gasteiger partial charge in [-0.1, -0.05) is 6.07 Å². The number of hydrogen-bond acceptors (Lipinski definition) is 4. The number of fused-ring (bicyclic) bond motifs is 1. The summed E-state index contributed by atoms with van der Waals surface area (Å²) in [6.45, 7) is 2.84. The van der Waals surface area contributed by atoms with Crippen LogP contribution >= 0.6 is 34.0 Å². The quantitative estimate of drug-likeness (QED) is 0.642. The number of carbonyl (C=O) groups excluding carboxylic acids is 1. The molecular formula is C17H15NOS3. The number of thiophene rings is 3. The molecule has 0 saturated carbocycles. The predicted octanol–water partition coefficient (Wildman–Crippen LogP) is 4.97. The highest BCUT2D eigenvalue weighted by molar-refractivity contribution is 7.14. The molecule has 1 unspecified atom stereocenters. The van der Waals surface area contributed by atoms with Crippen molar-refractivity contribution in [2.45, 2.75) is 19.4 Å². The average Bonchev–Trinajstić information content (AvgIpc) is 3.26. The monoisotopic (exact) mass is 345 g/mol. The zero-order chi connectivity index (χ0) is 15.1. The molecule has 22 heavy (non-hydrogen) atoms. The minimum atomic E-state index is 0.0740. The Kier molecular flexibility index (Phi) is 3.64. The maximum Gasteiger partial charge on any atom is 0.264 e. The fourth-order valence-electron chi connectivity index (χ4n) is 2.98. The molecule has 0 spiro atoms. The maximum absolute atomic E-state index is 13.0. The molecule has 4 heterocycles. The molecule has 0 bridgehead atoms. The molecule has 0 radical (unpaired) electrons. The molecule has 1 atom stereocenters. The summed E-state index contributed by atoms with van der Waals surface area (Å²) in [6, 6.07) is 10.4. The van der Waals surface area contributed by atoms with Gasteiger partial charge >= 0.3 is 0 Å². The summed E-state index contributed by atoms with van der Waals surface area (Å²) in [7, 11) is 0. The minimum absolute atomic E-state index is 0.0740. The topological polar surface area (TPSA) is 20.3 Å². The van der Waals surface area contributed by atoms with Crippen LogP contribution in [0.2, 0.25) is 0 Å². The SMILES string of the molecule is Cc1ccc(C(=O)N2CCc3sccc3C2c2cccs2)s1. The first-order valence-electron chi connectivity index (χ1n) is 7.21. The van der Waals surface area contributed by atoms with Gasteiger partial charge in [0.25, 0.3) is 5.91 Å². The molecule has 1 aliphatic heterocycles. The fourth-order valence-corrected chi connectivity index (χ4v) is 5.56. The van der Waals surface area contributed by atoms with Crippen molar-refractivity contribution < 1.29 is 4.79 Å². The van der Waals surface area contributed by atoms with Gasteiger partial charge in [-0.3, -0.25) is 4.79 Å². The summed E-state index contributed by atoms with van der Waals surface area (Å²) in [4.78, 5) is 19.7. The Morgan fingerprint density at radius 2 is 2.09 bits per heavy atom. The molecule has 0 aromatic carbocycles. The molecule has 3 aromatic heterocycles. The first kappa shape index (κ1) is 14.2. The van der Waals surface area contributed by atoms with Gasteiger partial charge in [-0.05, 0) is 53.9 Å². The van der Waals surface area contributed by atoms with E-state index in [1.807, 2.05) is 35.3 Å². The van der Waals surface area contributed by atoms with E-state index in [0.717, 1.165) is 17.8 Å². The summed E-state index contributed by atoms with van der Waals surface area (Å²) in [5.41, 5.74) is 1.31. The van der Waals surface area contributed by atoms with E-state index in [4.69, 9.17) is 0 Å². The highest BCUT2D eigenvalue weighted by Crippen LogP contribution is 2.40. The Bertz CT molecular complexity index is 800. The van der Waals surface area contributed by atoms with Crippen molar-refractivity contribution in [3.63, 3.8) is 0 Å². The molecule has 112 valence electrons. The Morgan fingerprint density at radius 1 is 1.18 bits per heavy atom. The van der Waals surface area contributed by atoms with Crippen LogP contribution in [0.4, 0.5) is 0 Å². The van der Waals surface area contributed by atoms with Gasteiger partial charge in [-0.15, -0.1) is 34.0 Å². The van der Waals surface area contributed by atoms with Gasteiger partial charge < -0.3 is 4.90 Å². The lowest BCUT2D eigenvalue weighted by atomic mass is 9.98. The zero-order valence-electron chi connectivity index (χ0n) is 12.1. The second kappa shape index (κ2) is 5.65. The highest BCUT2D eigenvalue weighted by atomic mass is 32.1. The van der Waals surface area contributed by atoms with Crippen LogP contribution in [-0.2, 0) is 6.42 Å². The van der Waals surface area contributed by atoms with E-state index in [1.165, 1.54) is 20.2 Å². The highest BCUT2D eigenvalue weighted by Gasteiger charge is 2.34. The molecule has 0 aliphatic carbocycles. The summed E-state index contributed by atoms with van der Waals surface area (Å²) >= 11 is 5.13. The van der Waals surface area contributed by atoms with Crippen LogP contribution in [0.3, 0.4) is 0 Å². The van der Waals surface area contributed by atoms with E-state index in [9.17, 15) is 4.79 Å². The van der Waals surface area contributed by atoms with Crippen molar-refractivity contribution in [3.05, 3.63) is 66.2 Å². The fraction of sp³-hybridized carbons (Fsp3) is 0.235. The van der Waals surface area contributed by atoms with E-state index in [-0.39, 0.29) is 11.9 Å². The Morgan fingerprint density at radius 3 is 2.82 bits per heavy atom. The second-order valence-electron chi connectivity index (χ2n) is 5.38. The number of carbonyl (C=O) groups is 1. The molecule has 1 amide bonds. The molecule has 5 heteroatoms. The van der Waals surface area contributed by atoms with Crippen molar-refractivity contribution in [3.8, 4) is 0 Å². The third kappa shape index (κ3) is 2.33. The minimum Gasteiger partial charge on any atom is -0.326 e. The lowest BCUT2D eigenvalue weighted by Gasteiger charge is -2.35. The summed E-state index contributed by atoms with van der Waals surface area (Å²) < 4.78 is 0. The number of rotatable bonds is 2. The van der Waals surface area contributed by atoms with Gasteiger partial charge in [0.1, 0.15) is 0 Å². The number of nitrogens with zero attached hydrogens (tertiary/aromatic N) is 1. The number of aryl methyl sites for hydroxylation is 1.